The number of carbonyl (C=O) groups is 1. The van der Waals surface area contributed by atoms with E-state index in [-0.39, 0.29) is 12.6 Å². The smallest absolute Gasteiger partial charge is 0.295 e. The number of rotatable bonds is 6. The van der Waals surface area contributed by atoms with Crippen molar-refractivity contribution in [2.24, 2.45) is 0 Å². The summed E-state index contributed by atoms with van der Waals surface area (Å²) in [5.74, 6) is -1.35. The lowest BCUT2D eigenvalue weighted by Gasteiger charge is -2.11. The molecule has 0 saturated heterocycles. The summed E-state index contributed by atoms with van der Waals surface area (Å²) < 4.78 is 13.5. The van der Waals surface area contributed by atoms with Crippen LogP contribution in [-0.2, 0) is 4.79 Å². The third-order valence-electron chi connectivity index (χ3n) is 2.68. The van der Waals surface area contributed by atoms with Gasteiger partial charge in [0, 0.05) is 12.1 Å². The minimum absolute atomic E-state index is 0.0273. The fraction of sp³-hybridized carbons (Fsp3) is 0.417. The fourth-order valence-electron chi connectivity index (χ4n) is 1.38. The molecule has 0 aliphatic heterocycles. The van der Waals surface area contributed by atoms with Gasteiger partial charge in [-0.3, -0.25) is 14.9 Å². The number of nitro benzene ring substituents is 1. The second-order valence-electron chi connectivity index (χ2n) is 4.13. The monoisotopic (exact) mass is 269 g/mol. The standard InChI is InChI=1S/C12H16FN3O3/c1-3-8(2)14-7-11(17)15-12-9(13)5-4-6-10(12)16(18)19/h4-6,8,14H,3,7H2,1-2H3,(H,15,17). The van der Waals surface area contributed by atoms with Crippen LogP contribution >= 0.6 is 0 Å². The van der Waals surface area contributed by atoms with E-state index < -0.39 is 28.0 Å². The van der Waals surface area contributed by atoms with Crippen molar-refractivity contribution in [2.45, 2.75) is 26.3 Å². The van der Waals surface area contributed by atoms with Gasteiger partial charge >= 0.3 is 0 Å². The van der Waals surface area contributed by atoms with E-state index in [1.54, 1.807) is 0 Å². The van der Waals surface area contributed by atoms with Gasteiger partial charge in [-0.2, -0.15) is 0 Å². The summed E-state index contributed by atoms with van der Waals surface area (Å²) >= 11 is 0. The molecule has 1 aromatic rings. The van der Waals surface area contributed by atoms with Crippen LogP contribution in [0, 0.1) is 15.9 Å². The van der Waals surface area contributed by atoms with Crippen molar-refractivity contribution in [3.05, 3.63) is 34.1 Å². The van der Waals surface area contributed by atoms with Crippen molar-refractivity contribution in [2.75, 3.05) is 11.9 Å². The average molecular weight is 269 g/mol. The first-order chi connectivity index (χ1) is 8.95. The Kier molecular flexibility index (Phi) is 5.37. The van der Waals surface area contributed by atoms with E-state index >= 15 is 0 Å². The van der Waals surface area contributed by atoms with Crippen LogP contribution in [0.2, 0.25) is 0 Å². The van der Waals surface area contributed by atoms with Gasteiger partial charge in [0.2, 0.25) is 5.91 Å². The first-order valence-corrected chi connectivity index (χ1v) is 5.91. The molecule has 0 saturated carbocycles. The van der Waals surface area contributed by atoms with E-state index in [0.717, 1.165) is 18.6 Å². The molecule has 2 N–H and O–H groups in total. The quantitative estimate of drug-likeness (QED) is 0.611. The highest BCUT2D eigenvalue weighted by Gasteiger charge is 2.19. The molecule has 7 heteroatoms. The third-order valence-corrected chi connectivity index (χ3v) is 2.68. The largest absolute Gasteiger partial charge is 0.317 e. The average Bonchev–Trinajstić information content (AvgIpc) is 2.38. The van der Waals surface area contributed by atoms with Crippen LogP contribution in [0.15, 0.2) is 18.2 Å². The molecule has 19 heavy (non-hydrogen) atoms. The minimum atomic E-state index is -0.828. The predicted molar refractivity (Wildman–Crippen MR) is 69.4 cm³/mol. The number of para-hydroxylation sites is 1. The molecule has 1 amide bonds. The van der Waals surface area contributed by atoms with Gasteiger partial charge in [-0.1, -0.05) is 13.0 Å². The van der Waals surface area contributed by atoms with Gasteiger partial charge < -0.3 is 10.6 Å². The molecule has 0 fully saturated rings. The molecule has 0 heterocycles. The molecular weight excluding hydrogens is 253 g/mol. The van der Waals surface area contributed by atoms with Crippen LogP contribution in [-0.4, -0.2) is 23.4 Å². The summed E-state index contributed by atoms with van der Waals surface area (Å²) in [5.41, 5.74) is -0.861. The Morgan fingerprint density at radius 2 is 2.21 bits per heavy atom. The number of hydrogen-bond acceptors (Lipinski definition) is 4. The normalized spacial score (nSPS) is 11.9. The number of benzene rings is 1. The van der Waals surface area contributed by atoms with E-state index in [4.69, 9.17) is 0 Å². The summed E-state index contributed by atoms with van der Waals surface area (Å²) in [7, 11) is 0. The minimum Gasteiger partial charge on any atom is -0.317 e. The molecule has 0 spiro atoms. The highest BCUT2D eigenvalue weighted by Crippen LogP contribution is 2.26. The van der Waals surface area contributed by atoms with Gasteiger partial charge in [-0.05, 0) is 19.4 Å². The number of carbonyl (C=O) groups excluding carboxylic acids is 1. The highest BCUT2D eigenvalue weighted by atomic mass is 19.1. The van der Waals surface area contributed by atoms with Crippen LogP contribution in [0.3, 0.4) is 0 Å². The maximum Gasteiger partial charge on any atom is 0.295 e. The second kappa shape index (κ2) is 6.79. The van der Waals surface area contributed by atoms with Crippen molar-refractivity contribution < 1.29 is 14.1 Å². The van der Waals surface area contributed by atoms with Gasteiger partial charge in [0.05, 0.1) is 11.5 Å². The summed E-state index contributed by atoms with van der Waals surface area (Å²) in [6.45, 7) is 3.83. The molecule has 1 atom stereocenters. The lowest BCUT2D eigenvalue weighted by Crippen LogP contribution is -2.34. The van der Waals surface area contributed by atoms with Gasteiger partial charge in [0.1, 0.15) is 0 Å². The van der Waals surface area contributed by atoms with E-state index in [2.05, 4.69) is 10.6 Å². The molecule has 0 radical (unpaired) electrons. The summed E-state index contributed by atoms with van der Waals surface area (Å²) in [5, 5.41) is 15.9. The Balaban J connectivity index is 2.76. The molecule has 1 unspecified atom stereocenters. The maximum atomic E-state index is 13.5. The van der Waals surface area contributed by atoms with Gasteiger partial charge in [-0.15, -0.1) is 0 Å². The van der Waals surface area contributed by atoms with Crippen LogP contribution < -0.4 is 10.6 Å². The number of nitro groups is 1. The van der Waals surface area contributed by atoms with E-state index in [0.29, 0.717) is 0 Å². The Morgan fingerprint density at radius 1 is 1.53 bits per heavy atom. The van der Waals surface area contributed by atoms with Gasteiger partial charge in [0.25, 0.3) is 5.69 Å². The molecule has 0 bridgehead atoms. The van der Waals surface area contributed by atoms with Crippen molar-refractivity contribution in [1.82, 2.24) is 5.32 Å². The molecule has 1 aromatic carbocycles. The number of halogens is 1. The first-order valence-electron chi connectivity index (χ1n) is 5.91. The topological polar surface area (TPSA) is 84.3 Å². The van der Waals surface area contributed by atoms with Crippen LogP contribution in [0.25, 0.3) is 0 Å². The zero-order valence-electron chi connectivity index (χ0n) is 10.8. The Labute approximate surface area is 110 Å². The zero-order chi connectivity index (χ0) is 14.4. The number of nitrogens with one attached hydrogen (secondary N) is 2. The molecule has 0 aromatic heterocycles. The van der Waals surface area contributed by atoms with Crippen LogP contribution in [0.1, 0.15) is 20.3 Å². The highest BCUT2D eigenvalue weighted by molar-refractivity contribution is 5.94. The predicted octanol–water partition coefficient (Wildman–Crippen LogP) is 2.06. The van der Waals surface area contributed by atoms with Crippen LogP contribution in [0.5, 0.6) is 0 Å². The zero-order valence-corrected chi connectivity index (χ0v) is 10.8. The second-order valence-corrected chi connectivity index (χ2v) is 4.13. The third kappa shape index (κ3) is 4.29. The Hall–Kier alpha value is -2.02. The molecule has 6 nitrogen and oxygen atoms in total. The summed E-state index contributed by atoms with van der Waals surface area (Å²) in [6.07, 6.45) is 0.840. The van der Waals surface area contributed by atoms with Crippen molar-refractivity contribution in [3.8, 4) is 0 Å². The number of amides is 1. The van der Waals surface area contributed by atoms with E-state index in [1.165, 1.54) is 6.07 Å². The fourth-order valence-corrected chi connectivity index (χ4v) is 1.38. The molecule has 1 rings (SSSR count). The lowest BCUT2D eigenvalue weighted by molar-refractivity contribution is -0.384. The Bertz CT molecular complexity index is 479. The van der Waals surface area contributed by atoms with E-state index in [9.17, 15) is 19.3 Å². The molecular formula is C12H16FN3O3. The SMILES string of the molecule is CCC(C)NCC(=O)Nc1c(F)cccc1[N+](=O)[O-]. The van der Waals surface area contributed by atoms with Gasteiger partial charge in [-0.25, -0.2) is 4.39 Å². The van der Waals surface area contributed by atoms with Gasteiger partial charge in [0.15, 0.2) is 11.5 Å². The van der Waals surface area contributed by atoms with Crippen molar-refractivity contribution in [1.29, 1.82) is 0 Å². The first kappa shape index (κ1) is 15.0. The summed E-state index contributed by atoms with van der Waals surface area (Å²) in [6, 6.07) is 3.56. The number of nitrogens with zero attached hydrogens (tertiary/aromatic N) is 1. The van der Waals surface area contributed by atoms with Crippen molar-refractivity contribution in [3.63, 3.8) is 0 Å². The lowest BCUT2D eigenvalue weighted by atomic mass is 10.2. The summed E-state index contributed by atoms with van der Waals surface area (Å²) in [4.78, 5) is 21.6. The Morgan fingerprint density at radius 3 is 2.79 bits per heavy atom. The molecule has 0 aliphatic rings. The maximum absolute atomic E-state index is 13.5. The number of anilines is 1. The molecule has 104 valence electrons. The molecule has 0 aliphatic carbocycles. The van der Waals surface area contributed by atoms with Crippen molar-refractivity contribution >= 4 is 17.3 Å². The van der Waals surface area contributed by atoms with E-state index in [1.807, 2.05) is 13.8 Å². The van der Waals surface area contributed by atoms with Crippen LogP contribution in [0.4, 0.5) is 15.8 Å². The number of hydrogen-bond donors (Lipinski definition) is 2.